The lowest BCUT2D eigenvalue weighted by Crippen LogP contribution is -2.30. The lowest BCUT2D eigenvalue weighted by atomic mass is 9.76. The summed E-state index contributed by atoms with van der Waals surface area (Å²) >= 11 is 3.48. The largest absolute Gasteiger partial charge is 0.416 e. The van der Waals surface area contributed by atoms with Crippen LogP contribution in [0.5, 0.6) is 0 Å². The quantitative estimate of drug-likeness (QED) is 0.561. The van der Waals surface area contributed by atoms with Crippen LogP contribution < -0.4 is 5.32 Å². The van der Waals surface area contributed by atoms with E-state index in [4.69, 9.17) is 0 Å². The Kier molecular flexibility index (Phi) is 3.71. The van der Waals surface area contributed by atoms with Gasteiger partial charge in [-0.25, -0.2) is 0 Å². The number of anilines is 1. The molecule has 4 rings (SSSR count). The van der Waals surface area contributed by atoms with Crippen molar-refractivity contribution in [3.8, 4) is 0 Å². The van der Waals surface area contributed by atoms with Crippen LogP contribution in [0.4, 0.5) is 18.9 Å². The Bertz CT molecular complexity index is 812. The summed E-state index contributed by atoms with van der Waals surface area (Å²) in [4.78, 5) is 0. The standard InChI is InChI=1S/C19H15BrF3N/c20-11-8-9-17-15(10-11)12-5-3-6-13(12)18(24-17)14-4-1-2-7-16(14)19(21,22)23/h1-5,7-10,12-13,18,24H,6H2/t12-,13+,18-/m1/s1. The summed E-state index contributed by atoms with van der Waals surface area (Å²) in [7, 11) is 0. The van der Waals surface area contributed by atoms with Crippen LogP contribution in [-0.2, 0) is 6.18 Å². The van der Waals surface area contributed by atoms with Crippen LogP contribution in [0.15, 0.2) is 59.1 Å². The molecule has 1 aliphatic heterocycles. The number of benzene rings is 2. The Hall–Kier alpha value is -1.75. The van der Waals surface area contributed by atoms with Crippen molar-refractivity contribution in [3.05, 3.63) is 75.8 Å². The molecule has 0 spiro atoms. The zero-order valence-corrected chi connectivity index (χ0v) is 14.2. The van der Waals surface area contributed by atoms with Gasteiger partial charge >= 0.3 is 6.18 Å². The summed E-state index contributed by atoms with van der Waals surface area (Å²) in [6.07, 6.45) is 0.635. The van der Waals surface area contributed by atoms with Crippen molar-refractivity contribution in [1.29, 1.82) is 0 Å². The van der Waals surface area contributed by atoms with Crippen LogP contribution >= 0.6 is 15.9 Å². The average Bonchev–Trinajstić information content (AvgIpc) is 3.03. The van der Waals surface area contributed by atoms with Gasteiger partial charge in [-0.15, -0.1) is 0 Å². The molecule has 5 heteroatoms. The van der Waals surface area contributed by atoms with Crippen LogP contribution in [-0.4, -0.2) is 0 Å². The third-order valence-electron chi connectivity index (χ3n) is 4.93. The second-order valence-corrected chi connectivity index (χ2v) is 7.21. The van der Waals surface area contributed by atoms with Gasteiger partial charge in [0.15, 0.2) is 0 Å². The molecule has 0 amide bonds. The summed E-state index contributed by atoms with van der Waals surface area (Å²) in [5.74, 6) is 0.236. The average molecular weight is 394 g/mol. The number of alkyl halides is 3. The molecule has 3 atom stereocenters. The molecular weight excluding hydrogens is 379 g/mol. The molecule has 24 heavy (non-hydrogen) atoms. The van der Waals surface area contributed by atoms with E-state index in [1.54, 1.807) is 12.1 Å². The highest BCUT2D eigenvalue weighted by Gasteiger charge is 2.42. The number of hydrogen-bond donors (Lipinski definition) is 1. The molecule has 0 aromatic heterocycles. The Morgan fingerprint density at radius 1 is 1.04 bits per heavy atom. The number of halogens is 4. The maximum absolute atomic E-state index is 13.4. The van der Waals surface area contributed by atoms with E-state index in [1.165, 1.54) is 12.1 Å². The molecule has 124 valence electrons. The van der Waals surface area contributed by atoms with E-state index in [1.807, 2.05) is 12.1 Å². The number of hydrogen-bond acceptors (Lipinski definition) is 1. The predicted molar refractivity (Wildman–Crippen MR) is 91.9 cm³/mol. The van der Waals surface area contributed by atoms with Gasteiger partial charge in [-0.1, -0.05) is 46.3 Å². The summed E-state index contributed by atoms with van der Waals surface area (Å²) in [5, 5.41) is 3.36. The zero-order chi connectivity index (χ0) is 16.9. The molecular formula is C19H15BrF3N. The van der Waals surface area contributed by atoms with Crippen LogP contribution in [0, 0.1) is 5.92 Å². The molecule has 0 radical (unpaired) electrons. The molecule has 0 bridgehead atoms. The van der Waals surface area contributed by atoms with Crippen molar-refractivity contribution in [1.82, 2.24) is 0 Å². The molecule has 1 nitrogen and oxygen atoms in total. The highest BCUT2D eigenvalue weighted by molar-refractivity contribution is 9.10. The van der Waals surface area contributed by atoms with Gasteiger partial charge in [0.05, 0.1) is 11.6 Å². The highest BCUT2D eigenvalue weighted by atomic mass is 79.9. The lowest BCUT2D eigenvalue weighted by molar-refractivity contribution is -0.138. The first-order valence-electron chi connectivity index (χ1n) is 7.84. The topological polar surface area (TPSA) is 12.0 Å². The summed E-state index contributed by atoms with van der Waals surface area (Å²) < 4.78 is 41.3. The van der Waals surface area contributed by atoms with Gasteiger partial charge in [-0.2, -0.15) is 13.2 Å². The minimum absolute atomic E-state index is 0.0929. The van der Waals surface area contributed by atoms with Gasteiger partial charge in [0.1, 0.15) is 0 Å². The van der Waals surface area contributed by atoms with Crippen molar-refractivity contribution in [2.24, 2.45) is 5.92 Å². The fourth-order valence-corrected chi connectivity index (χ4v) is 4.28. The van der Waals surface area contributed by atoms with Crippen LogP contribution in [0.3, 0.4) is 0 Å². The summed E-state index contributed by atoms with van der Waals surface area (Å²) in [5.41, 5.74) is 1.84. The normalized spacial score (nSPS) is 25.1. The van der Waals surface area contributed by atoms with E-state index in [-0.39, 0.29) is 17.9 Å². The van der Waals surface area contributed by atoms with Gasteiger partial charge in [0.2, 0.25) is 0 Å². The van der Waals surface area contributed by atoms with Crippen molar-refractivity contribution in [3.63, 3.8) is 0 Å². The van der Waals surface area contributed by atoms with Crippen molar-refractivity contribution in [2.75, 3.05) is 5.32 Å². The molecule has 2 aromatic rings. The monoisotopic (exact) mass is 393 g/mol. The Morgan fingerprint density at radius 2 is 1.83 bits per heavy atom. The zero-order valence-electron chi connectivity index (χ0n) is 12.6. The second kappa shape index (κ2) is 5.66. The molecule has 2 aliphatic rings. The van der Waals surface area contributed by atoms with E-state index in [0.717, 1.165) is 22.1 Å². The number of nitrogens with one attached hydrogen (secondary N) is 1. The van der Waals surface area contributed by atoms with Gasteiger partial charge < -0.3 is 5.32 Å². The summed E-state index contributed by atoms with van der Waals surface area (Å²) in [6.45, 7) is 0. The van der Waals surface area contributed by atoms with Gasteiger partial charge in [0.25, 0.3) is 0 Å². The Labute approximate surface area is 146 Å². The smallest absolute Gasteiger partial charge is 0.378 e. The first kappa shape index (κ1) is 15.8. The molecule has 0 fully saturated rings. The van der Waals surface area contributed by atoms with Crippen LogP contribution in [0.2, 0.25) is 0 Å². The molecule has 1 aliphatic carbocycles. The SMILES string of the molecule is FC(F)(F)c1ccccc1[C@@H]1Nc2ccc(Br)cc2[C@@H]2C=CC[C@@H]21. The van der Waals surface area contributed by atoms with E-state index < -0.39 is 11.7 Å². The molecule has 0 saturated carbocycles. The third kappa shape index (κ3) is 2.55. The highest BCUT2D eigenvalue weighted by Crippen LogP contribution is 2.51. The van der Waals surface area contributed by atoms with E-state index in [9.17, 15) is 13.2 Å². The van der Waals surface area contributed by atoms with Gasteiger partial charge in [-0.05, 0) is 47.7 Å². The first-order valence-corrected chi connectivity index (χ1v) is 8.63. The van der Waals surface area contributed by atoms with Crippen molar-refractivity contribution in [2.45, 2.75) is 24.6 Å². The van der Waals surface area contributed by atoms with Gasteiger partial charge in [-0.3, -0.25) is 0 Å². The maximum atomic E-state index is 13.4. The lowest BCUT2D eigenvalue weighted by Gasteiger charge is -2.38. The minimum Gasteiger partial charge on any atom is -0.378 e. The molecule has 1 N–H and O–H groups in total. The Balaban J connectivity index is 1.83. The van der Waals surface area contributed by atoms with Crippen LogP contribution in [0.1, 0.15) is 35.1 Å². The van der Waals surface area contributed by atoms with E-state index in [0.29, 0.717) is 5.56 Å². The van der Waals surface area contributed by atoms with Crippen LogP contribution in [0.25, 0.3) is 0 Å². The molecule has 2 aromatic carbocycles. The van der Waals surface area contributed by atoms with Crippen molar-refractivity contribution >= 4 is 21.6 Å². The molecule has 1 heterocycles. The summed E-state index contributed by atoms with van der Waals surface area (Å²) in [6, 6.07) is 11.5. The first-order chi connectivity index (χ1) is 11.4. The van der Waals surface area contributed by atoms with Crippen molar-refractivity contribution < 1.29 is 13.2 Å². The fourth-order valence-electron chi connectivity index (χ4n) is 3.90. The number of allylic oxidation sites excluding steroid dienone is 2. The fraction of sp³-hybridized carbons (Fsp3) is 0.263. The molecule has 0 unspecified atom stereocenters. The number of rotatable bonds is 1. The van der Waals surface area contributed by atoms with E-state index >= 15 is 0 Å². The van der Waals surface area contributed by atoms with E-state index in [2.05, 4.69) is 39.5 Å². The number of fused-ring (bicyclic) bond motifs is 3. The predicted octanol–water partition coefficient (Wildman–Crippen LogP) is 6.29. The van der Waals surface area contributed by atoms with Gasteiger partial charge in [0, 0.05) is 16.1 Å². The maximum Gasteiger partial charge on any atom is 0.416 e. The third-order valence-corrected chi connectivity index (χ3v) is 5.42. The Morgan fingerprint density at radius 3 is 2.62 bits per heavy atom. The molecule has 0 saturated heterocycles. The second-order valence-electron chi connectivity index (χ2n) is 6.29. The minimum atomic E-state index is -4.35.